The van der Waals surface area contributed by atoms with E-state index in [9.17, 15) is 61.0 Å². The van der Waals surface area contributed by atoms with Gasteiger partial charge in [-0.1, -0.05) is 423 Å². The van der Waals surface area contributed by atoms with Gasteiger partial charge in [-0.15, -0.1) is 0 Å². The Morgan fingerprint density at radius 1 is 0.310 bits per heavy atom. The SMILES string of the molecule is CCCCCCCCCCCCCCCCCCCCCCCCCC/C=C/CC/C=C/C(O)C(COC1OC(CO)C(OC2OC(CO)C(OC3OC(CO)C(O)C(O)C3O)C(O)C2O)C(O)C1O)NC(=O)CCCCCCCCCCCCCCCCCCCCCCCCCCCCCCCCCCCCCCCC. The average molecular weight is 1610 g/mol. The molecule has 3 heterocycles. The van der Waals surface area contributed by atoms with Gasteiger partial charge in [0.1, 0.15) is 73.2 Å². The van der Waals surface area contributed by atoms with Gasteiger partial charge in [-0.3, -0.25) is 4.79 Å². The highest BCUT2D eigenvalue weighted by Gasteiger charge is 2.54. The van der Waals surface area contributed by atoms with E-state index in [2.05, 4.69) is 31.3 Å². The normalized spacial score (nSPS) is 24.8. The number of ether oxygens (including phenoxy) is 6. The lowest BCUT2D eigenvalue weighted by atomic mass is 9.96. The van der Waals surface area contributed by atoms with E-state index in [1.807, 2.05) is 6.08 Å². The molecule has 0 aliphatic carbocycles. The third kappa shape index (κ3) is 52.3. The fourth-order valence-corrected chi connectivity index (χ4v) is 16.6. The van der Waals surface area contributed by atoms with Crippen LogP contribution in [-0.4, -0.2) is 193 Å². The minimum Gasteiger partial charge on any atom is -0.394 e. The predicted octanol–water partition coefficient (Wildman–Crippen LogP) is 19.2. The minimum atomic E-state index is -1.98. The third-order valence-corrected chi connectivity index (χ3v) is 24.3. The highest BCUT2D eigenvalue weighted by molar-refractivity contribution is 5.76. The van der Waals surface area contributed by atoms with E-state index in [4.69, 9.17) is 28.4 Å². The number of hydrogen-bond acceptors (Lipinski definition) is 18. The van der Waals surface area contributed by atoms with Crippen molar-refractivity contribution in [3.05, 3.63) is 24.3 Å². The summed E-state index contributed by atoms with van der Waals surface area (Å²) in [5, 5.41) is 121. The number of aliphatic hydroxyl groups is 11. The number of carbonyl (C=O) groups is 1. The van der Waals surface area contributed by atoms with Crippen molar-refractivity contribution in [3.63, 3.8) is 0 Å². The fourth-order valence-electron chi connectivity index (χ4n) is 16.6. The minimum absolute atomic E-state index is 0.242. The van der Waals surface area contributed by atoms with Crippen LogP contribution in [0.3, 0.4) is 0 Å². The van der Waals surface area contributed by atoms with Crippen molar-refractivity contribution in [3.8, 4) is 0 Å². The maximum Gasteiger partial charge on any atom is 0.220 e. The van der Waals surface area contributed by atoms with Crippen molar-refractivity contribution in [2.45, 2.75) is 542 Å². The largest absolute Gasteiger partial charge is 0.394 e. The van der Waals surface area contributed by atoms with Crippen LogP contribution in [0, 0.1) is 0 Å². The van der Waals surface area contributed by atoms with Gasteiger partial charge in [0.25, 0.3) is 0 Å². The van der Waals surface area contributed by atoms with E-state index in [-0.39, 0.29) is 18.9 Å². The van der Waals surface area contributed by atoms with E-state index >= 15 is 0 Å². The van der Waals surface area contributed by atoms with Crippen molar-refractivity contribution in [2.24, 2.45) is 0 Å². The quantitative estimate of drug-likeness (QED) is 0.0199. The molecule has 3 rings (SSSR count). The summed E-state index contributed by atoms with van der Waals surface area (Å²) < 4.78 is 34.5. The summed E-state index contributed by atoms with van der Waals surface area (Å²) in [5.74, 6) is -0.275. The Bertz CT molecular complexity index is 2130. The molecule has 0 saturated carbocycles. The molecule has 0 aromatic heterocycles. The van der Waals surface area contributed by atoms with E-state index in [1.165, 1.54) is 366 Å². The first kappa shape index (κ1) is 105. The molecule has 0 spiro atoms. The lowest BCUT2D eigenvalue weighted by Gasteiger charge is -2.48. The predicted molar refractivity (Wildman–Crippen MR) is 457 cm³/mol. The summed E-state index contributed by atoms with van der Waals surface area (Å²) in [6, 6.07) is -0.990. The molecule has 0 aromatic carbocycles. The Morgan fingerprint density at radius 2 is 0.566 bits per heavy atom. The lowest BCUT2D eigenvalue weighted by Crippen LogP contribution is -2.66. The summed E-state index contributed by atoms with van der Waals surface area (Å²) in [5.41, 5.74) is 0. The number of allylic oxidation sites excluding steroid dienone is 3. The van der Waals surface area contributed by atoms with Crippen molar-refractivity contribution in [1.29, 1.82) is 0 Å². The van der Waals surface area contributed by atoms with Crippen molar-refractivity contribution in [2.75, 3.05) is 26.4 Å². The molecule has 3 aliphatic heterocycles. The molecule has 3 fully saturated rings. The number of hydrogen-bond donors (Lipinski definition) is 12. The van der Waals surface area contributed by atoms with Crippen LogP contribution in [0.1, 0.15) is 438 Å². The molecule has 113 heavy (non-hydrogen) atoms. The van der Waals surface area contributed by atoms with Gasteiger partial charge < -0.3 is 89.9 Å². The van der Waals surface area contributed by atoms with Gasteiger partial charge in [-0.2, -0.15) is 0 Å². The molecule has 668 valence electrons. The number of aliphatic hydroxyl groups excluding tert-OH is 11. The number of carbonyl (C=O) groups excluding carboxylic acids is 1. The average Bonchev–Trinajstić information content (AvgIpc) is 0.777. The molecular weight excluding hydrogens is 1430 g/mol. The summed E-state index contributed by atoms with van der Waals surface area (Å²) in [6.45, 7) is 1.80. The Labute approximate surface area is 689 Å². The molecule has 3 saturated heterocycles. The van der Waals surface area contributed by atoms with Crippen LogP contribution in [0.5, 0.6) is 0 Å². The summed E-state index contributed by atoms with van der Waals surface area (Å²) in [7, 11) is 0. The summed E-state index contributed by atoms with van der Waals surface area (Å²) in [4.78, 5) is 13.5. The first-order valence-electron chi connectivity index (χ1n) is 48.1. The summed E-state index contributed by atoms with van der Waals surface area (Å²) >= 11 is 0. The first-order chi connectivity index (χ1) is 55.3. The van der Waals surface area contributed by atoms with Gasteiger partial charge in [-0.25, -0.2) is 0 Å². The Balaban J connectivity index is 1.30. The van der Waals surface area contributed by atoms with E-state index < -0.39 is 124 Å². The van der Waals surface area contributed by atoms with Crippen LogP contribution in [0.2, 0.25) is 0 Å². The Kier molecular flexibility index (Phi) is 69.2. The maximum atomic E-state index is 13.5. The van der Waals surface area contributed by atoms with Crippen LogP contribution < -0.4 is 5.32 Å². The molecule has 1 amide bonds. The molecule has 0 radical (unpaired) electrons. The molecule has 0 bridgehead atoms. The molecule has 0 aromatic rings. The van der Waals surface area contributed by atoms with E-state index in [0.717, 1.165) is 38.5 Å². The standard InChI is InChI=1S/C94H179NO18/c1-3-5-7-9-11-13-15-17-19-21-23-25-27-29-31-33-35-36-37-38-39-40-41-42-44-46-48-50-52-54-56-58-60-62-64-66-68-70-72-82(100)95-77(78(99)71-69-67-65-63-61-59-57-55-53-51-49-47-45-43-34-32-30-28-26-24-22-20-18-16-14-12-10-8-6-4-2)76-108-92-88(106)85(103)90(80(74-97)110-92)113-94-89(107)86(104)91(81(75-98)111-94)112-93-87(105)84(102)83(101)79(73-96)109-93/h61,63,69,71,77-81,83-94,96-99,101-107H,3-60,62,64-68,70,72-76H2,1-2H3,(H,95,100)/b63-61+,71-69+. The van der Waals surface area contributed by atoms with Gasteiger partial charge in [0.2, 0.25) is 5.91 Å². The van der Waals surface area contributed by atoms with Crippen LogP contribution in [0.25, 0.3) is 0 Å². The zero-order valence-electron chi connectivity index (χ0n) is 72.4. The highest BCUT2D eigenvalue weighted by atomic mass is 16.8. The number of unbranched alkanes of at least 4 members (excludes halogenated alkanes) is 62. The number of nitrogens with one attached hydrogen (secondary N) is 1. The molecule has 19 heteroatoms. The lowest BCUT2D eigenvalue weighted by molar-refractivity contribution is -0.379. The molecule has 19 nitrogen and oxygen atoms in total. The second-order valence-electron chi connectivity index (χ2n) is 34.5. The third-order valence-electron chi connectivity index (χ3n) is 24.3. The first-order valence-corrected chi connectivity index (χ1v) is 48.1. The maximum absolute atomic E-state index is 13.5. The van der Waals surface area contributed by atoms with Crippen LogP contribution in [0.4, 0.5) is 0 Å². The Hall–Kier alpha value is -1.73. The molecular formula is C94H179NO18. The van der Waals surface area contributed by atoms with Gasteiger partial charge in [0, 0.05) is 6.42 Å². The number of rotatable bonds is 80. The summed E-state index contributed by atoms with van der Waals surface area (Å²) in [6.07, 6.45) is 68.0. The van der Waals surface area contributed by atoms with Crippen LogP contribution in [-0.2, 0) is 33.2 Å². The molecule has 17 unspecified atom stereocenters. The van der Waals surface area contributed by atoms with Gasteiger partial charge in [0.05, 0.1) is 38.6 Å². The van der Waals surface area contributed by atoms with Crippen molar-refractivity contribution in [1.82, 2.24) is 5.32 Å². The van der Waals surface area contributed by atoms with Crippen molar-refractivity contribution < 1.29 is 89.4 Å². The zero-order chi connectivity index (χ0) is 81.7. The van der Waals surface area contributed by atoms with E-state index in [0.29, 0.717) is 12.8 Å². The van der Waals surface area contributed by atoms with Crippen molar-refractivity contribution >= 4 is 5.91 Å². The number of amides is 1. The van der Waals surface area contributed by atoms with Gasteiger partial charge in [-0.05, 0) is 32.1 Å². The second-order valence-corrected chi connectivity index (χ2v) is 34.5. The zero-order valence-corrected chi connectivity index (χ0v) is 72.4. The molecule has 3 aliphatic rings. The van der Waals surface area contributed by atoms with Gasteiger partial charge >= 0.3 is 0 Å². The van der Waals surface area contributed by atoms with Crippen LogP contribution in [0.15, 0.2) is 24.3 Å². The molecule has 17 atom stereocenters. The Morgan fingerprint density at radius 3 is 0.885 bits per heavy atom. The van der Waals surface area contributed by atoms with Crippen LogP contribution >= 0.6 is 0 Å². The van der Waals surface area contributed by atoms with Gasteiger partial charge in [0.15, 0.2) is 18.9 Å². The fraction of sp³-hybridized carbons (Fsp3) is 0.947. The smallest absolute Gasteiger partial charge is 0.220 e. The van der Waals surface area contributed by atoms with E-state index in [1.54, 1.807) is 6.08 Å². The highest BCUT2D eigenvalue weighted by Crippen LogP contribution is 2.34. The topological polar surface area (TPSA) is 307 Å². The second kappa shape index (κ2) is 74.1. The monoisotopic (exact) mass is 1610 g/mol. The molecule has 12 N–H and O–H groups in total.